The number of hydrogen-bond acceptors (Lipinski definition) is 3. The number of aromatic nitrogens is 1. The Kier molecular flexibility index (Phi) is 4.94. The van der Waals surface area contributed by atoms with Gasteiger partial charge in [-0.2, -0.15) is 0 Å². The average Bonchev–Trinajstić information content (AvgIpc) is 2.96. The third-order valence-corrected chi connectivity index (χ3v) is 5.07. The summed E-state index contributed by atoms with van der Waals surface area (Å²) < 4.78 is 0. The van der Waals surface area contributed by atoms with Crippen LogP contribution >= 0.6 is 0 Å². The SMILES string of the molecule is CCC1CCCCN1C(=O)C1CC(=O)N(Cc2ccncc2)C1. The molecule has 1 aromatic rings. The third kappa shape index (κ3) is 3.54. The molecular formula is C18H25N3O2. The van der Waals surface area contributed by atoms with E-state index in [-0.39, 0.29) is 17.7 Å². The van der Waals surface area contributed by atoms with Crippen molar-refractivity contribution in [2.24, 2.45) is 5.92 Å². The van der Waals surface area contributed by atoms with Gasteiger partial charge in [-0.05, 0) is 43.4 Å². The Morgan fingerprint density at radius 1 is 1.30 bits per heavy atom. The van der Waals surface area contributed by atoms with Gasteiger partial charge in [-0.15, -0.1) is 0 Å². The molecule has 0 aliphatic carbocycles. The Hall–Kier alpha value is -1.91. The first-order valence-electron chi connectivity index (χ1n) is 8.66. The first kappa shape index (κ1) is 16.0. The first-order chi connectivity index (χ1) is 11.2. The standard InChI is InChI=1S/C18H25N3O2/c1-2-16-5-3-4-10-21(16)18(23)15-11-17(22)20(13-15)12-14-6-8-19-9-7-14/h6-9,15-16H,2-5,10-13H2,1H3. The molecule has 3 heterocycles. The molecule has 2 fully saturated rings. The molecule has 2 aliphatic rings. The molecule has 5 nitrogen and oxygen atoms in total. The predicted octanol–water partition coefficient (Wildman–Crippen LogP) is 2.22. The van der Waals surface area contributed by atoms with Crippen LogP contribution in [0.2, 0.25) is 0 Å². The zero-order valence-corrected chi connectivity index (χ0v) is 13.8. The summed E-state index contributed by atoms with van der Waals surface area (Å²) in [5.41, 5.74) is 1.06. The van der Waals surface area contributed by atoms with E-state index in [2.05, 4.69) is 11.9 Å². The summed E-state index contributed by atoms with van der Waals surface area (Å²) in [5.74, 6) is 0.101. The molecule has 2 amide bonds. The molecule has 0 bridgehead atoms. The van der Waals surface area contributed by atoms with Gasteiger partial charge in [0.25, 0.3) is 0 Å². The lowest BCUT2D eigenvalue weighted by atomic mass is 9.97. The summed E-state index contributed by atoms with van der Waals surface area (Å²) in [4.78, 5) is 33.0. The van der Waals surface area contributed by atoms with E-state index in [1.54, 1.807) is 12.4 Å². The van der Waals surface area contributed by atoms with Crippen LogP contribution in [-0.4, -0.2) is 45.7 Å². The molecule has 2 atom stereocenters. The van der Waals surface area contributed by atoms with Crippen molar-refractivity contribution in [3.8, 4) is 0 Å². The van der Waals surface area contributed by atoms with Crippen LogP contribution in [0.4, 0.5) is 0 Å². The Labute approximate surface area is 137 Å². The van der Waals surface area contributed by atoms with Gasteiger partial charge in [0.2, 0.25) is 11.8 Å². The van der Waals surface area contributed by atoms with Crippen LogP contribution in [-0.2, 0) is 16.1 Å². The van der Waals surface area contributed by atoms with E-state index in [1.165, 1.54) is 6.42 Å². The molecule has 5 heteroatoms. The molecule has 23 heavy (non-hydrogen) atoms. The summed E-state index contributed by atoms with van der Waals surface area (Å²) in [5, 5.41) is 0. The van der Waals surface area contributed by atoms with Gasteiger partial charge >= 0.3 is 0 Å². The number of piperidine rings is 1. The zero-order chi connectivity index (χ0) is 16.2. The van der Waals surface area contributed by atoms with Crippen molar-refractivity contribution in [3.63, 3.8) is 0 Å². The van der Waals surface area contributed by atoms with Crippen LogP contribution in [0, 0.1) is 5.92 Å². The molecule has 2 aliphatic heterocycles. The third-order valence-electron chi connectivity index (χ3n) is 5.07. The largest absolute Gasteiger partial charge is 0.339 e. The van der Waals surface area contributed by atoms with Crippen molar-refractivity contribution in [2.75, 3.05) is 13.1 Å². The predicted molar refractivity (Wildman–Crippen MR) is 87.4 cm³/mol. The first-order valence-corrected chi connectivity index (χ1v) is 8.66. The topological polar surface area (TPSA) is 53.5 Å². The summed E-state index contributed by atoms with van der Waals surface area (Å²) in [6.07, 6.45) is 8.23. The Morgan fingerprint density at radius 2 is 2.09 bits per heavy atom. The summed E-state index contributed by atoms with van der Waals surface area (Å²) in [6.45, 7) is 4.12. The van der Waals surface area contributed by atoms with E-state index in [4.69, 9.17) is 0 Å². The molecule has 1 aromatic heterocycles. The highest BCUT2D eigenvalue weighted by molar-refractivity contribution is 5.89. The van der Waals surface area contributed by atoms with Crippen LogP contribution in [0.15, 0.2) is 24.5 Å². The number of amides is 2. The fourth-order valence-electron chi connectivity index (χ4n) is 3.75. The Bertz CT molecular complexity index is 561. The molecular weight excluding hydrogens is 290 g/mol. The summed E-state index contributed by atoms with van der Waals surface area (Å²) >= 11 is 0. The zero-order valence-electron chi connectivity index (χ0n) is 13.8. The Morgan fingerprint density at radius 3 is 2.83 bits per heavy atom. The second-order valence-corrected chi connectivity index (χ2v) is 6.62. The lowest BCUT2D eigenvalue weighted by Gasteiger charge is -2.36. The Balaban J connectivity index is 1.63. The van der Waals surface area contributed by atoms with Crippen molar-refractivity contribution >= 4 is 11.8 Å². The van der Waals surface area contributed by atoms with E-state index < -0.39 is 0 Å². The van der Waals surface area contributed by atoms with Crippen LogP contribution in [0.25, 0.3) is 0 Å². The highest BCUT2D eigenvalue weighted by atomic mass is 16.2. The van der Waals surface area contributed by atoms with Crippen molar-refractivity contribution in [3.05, 3.63) is 30.1 Å². The molecule has 0 saturated carbocycles. The number of carbonyl (C=O) groups is 2. The maximum atomic E-state index is 12.9. The second-order valence-electron chi connectivity index (χ2n) is 6.62. The maximum absolute atomic E-state index is 12.9. The van der Waals surface area contributed by atoms with Crippen molar-refractivity contribution in [2.45, 2.75) is 51.6 Å². The fourth-order valence-corrected chi connectivity index (χ4v) is 3.75. The van der Waals surface area contributed by atoms with Gasteiger partial charge in [-0.25, -0.2) is 0 Å². The summed E-state index contributed by atoms with van der Waals surface area (Å²) in [6, 6.07) is 4.20. The smallest absolute Gasteiger partial charge is 0.228 e. The van der Waals surface area contributed by atoms with Gasteiger partial charge in [0.1, 0.15) is 0 Å². The van der Waals surface area contributed by atoms with Crippen molar-refractivity contribution < 1.29 is 9.59 Å². The van der Waals surface area contributed by atoms with Crippen molar-refractivity contribution in [1.29, 1.82) is 0 Å². The van der Waals surface area contributed by atoms with Gasteiger partial charge in [-0.1, -0.05) is 6.92 Å². The molecule has 2 unspecified atom stereocenters. The van der Waals surface area contributed by atoms with E-state index in [0.29, 0.717) is 25.6 Å². The van der Waals surface area contributed by atoms with Crippen LogP contribution in [0.3, 0.4) is 0 Å². The molecule has 0 N–H and O–H groups in total. The van der Waals surface area contributed by atoms with Crippen molar-refractivity contribution in [1.82, 2.24) is 14.8 Å². The molecule has 3 rings (SSSR count). The quantitative estimate of drug-likeness (QED) is 0.856. The molecule has 0 aromatic carbocycles. The lowest BCUT2D eigenvalue weighted by Crippen LogP contribution is -2.46. The number of pyridine rings is 1. The van der Waals surface area contributed by atoms with Gasteiger partial charge in [-0.3, -0.25) is 14.6 Å². The second kappa shape index (κ2) is 7.11. The van der Waals surface area contributed by atoms with Crippen LogP contribution in [0.5, 0.6) is 0 Å². The van der Waals surface area contributed by atoms with Gasteiger partial charge in [0, 0.05) is 44.5 Å². The van der Waals surface area contributed by atoms with Crippen LogP contribution < -0.4 is 0 Å². The number of likely N-dealkylation sites (tertiary alicyclic amines) is 2. The highest BCUT2D eigenvalue weighted by Gasteiger charge is 2.38. The van der Waals surface area contributed by atoms with E-state index >= 15 is 0 Å². The van der Waals surface area contributed by atoms with E-state index in [1.807, 2.05) is 21.9 Å². The lowest BCUT2D eigenvalue weighted by molar-refractivity contribution is -0.139. The average molecular weight is 315 g/mol. The minimum Gasteiger partial charge on any atom is -0.339 e. The van der Waals surface area contributed by atoms with Crippen LogP contribution in [0.1, 0.15) is 44.6 Å². The monoisotopic (exact) mass is 315 g/mol. The number of carbonyl (C=O) groups excluding carboxylic acids is 2. The molecule has 2 saturated heterocycles. The molecule has 0 radical (unpaired) electrons. The summed E-state index contributed by atoms with van der Waals surface area (Å²) in [7, 11) is 0. The van der Waals surface area contributed by atoms with E-state index in [0.717, 1.165) is 31.4 Å². The van der Waals surface area contributed by atoms with Gasteiger partial charge in [0.15, 0.2) is 0 Å². The van der Waals surface area contributed by atoms with Gasteiger partial charge < -0.3 is 9.80 Å². The minimum atomic E-state index is -0.170. The maximum Gasteiger partial charge on any atom is 0.228 e. The minimum absolute atomic E-state index is 0.0882. The number of hydrogen-bond donors (Lipinski definition) is 0. The van der Waals surface area contributed by atoms with E-state index in [9.17, 15) is 9.59 Å². The number of rotatable bonds is 4. The normalized spacial score (nSPS) is 25.0. The fraction of sp³-hybridized carbons (Fsp3) is 0.611. The number of nitrogens with zero attached hydrogens (tertiary/aromatic N) is 3. The highest BCUT2D eigenvalue weighted by Crippen LogP contribution is 2.27. The van der Waals surface area contributed by atoms with Gasteiger partial charge in [0.05, 0.1) is 5.92 Å². The molecule has 124 valence electrons. The molecule has 0 spiro atoms.